The Bertz CT molecular complexity index is 1190. The number of hydrogen-bond donors (Lipinski definition) is 2. The van der Waals surface area contributed by atoms with Crippen LogP contribution >= 0.6 is 60.2 Å². The smallest absolute Gasteiger partial charge is 0.252 e. The minimum absolute atomic E-state index is 0. The highest BCUT2D eigenvalue weighted by Crippen LogP contribution is 2.37. The maximum absolute atomic E-state index is 12.7. The van der Waals surface area contributed by atoms with Crippen molar-refractivity contribution in [2.45, 2.75) is 37.8 Å². The quantitative estimate of drug-likeness (QED) is 0.308. The molecule has 1 aliphatic heterocycles. The molecule has 1 amide bonds. The number of carbonyl (C=O) groups is 1. The normalized spacial score (nSPS) is 17.1. The molecule has 3 aromatic rings. The van der Waals surface area contributed by atoms with E-state index in [0.29, 0.717) is 34.3 Å². The second kappa shape index (κ2) is 14.1. The number of rotatable bonds is 9. The van der Waals surface area contributed by atoms with E-state index in [4.69, 9.17) is 16.6 Å². The molecule has 2 fully saturated rings. The number of nitrogens with zero attached hydrogens (tertiary/aromatic N) is 4. The van der Waals surface area contributed by atoms with Crippen LogP contribution in [0.2, 0.25) is 5.02 Å². The lowest BCUT2D eigenvalue weighted by molar-refractivity contribution is 0.0952. The van der Waals surface area contributed by atoms with Crippen molar-refractivity contribution < 1.29 is 4.79 Å². The van der Waals surface area contributed by atoms with Gasteiger partial charge < -0.3 is 20.4 Å². The van der Waals surface area contributed by atoms with E-state index in [9.17, 15) is 4.79 Å². The molecule has 0 unspecified atom stereocenters. The number of carbonyl (C=O) groups excluding carboxylic acids is 1. The Hall–Kier alpha value is -1.39. The Morgan fingerprint density at radius 1 is 1.22 bits per heavy atom. The number of amides is 1. The summed E-state index contributed by atoms with van der Waals surface area (Å²) in [5.74, 6) is 0.569. The van der Waals surface area contributed by atoms with Gasteiger partial charge in [-0.25, -0.2) is 9.97 Å². The van der Waals surface area contributed by atoms with Gasteiger partial charge in [-0.15, -0.1) is 48.6 Å². The molecule has 37 heavy (non-hydrogen) atoms. The zero-order valence-corrected chi connectivity index (χ0v) is 24.9. The molecule has 5 rings (SSSR count). The van der Waals surface area contributed by atoms with E-state index in [0.717, 1.165) is 60.4 Å². The number of nitrogens with one attached hydrogen (secondary N) is 2. The second-order valence-electron chi connectivity index (χ2n) is 9.45. The summed E-state index contributed by atoms with van der Waals surface area (Å²) in [4.78, 5) is 27.6. The third kappa shape index (κ3) is 7.82. The Morgan fingerprint density at radius 2 is 2.00 bits per heavy atom. The van der Waals surface area contributed by atoms with Crippen LogP contribution in [0.25, 0.3) is 20.7 Å². The van der Waals surface area contributed by atoms with E-state index < -0.39 is 0 Å². The lowest BCUT2D eigenvalue weighted by Gasteiger charge is -2.20. The molecule has 3 heterocycles. The van der Waals surface area contributed by atoms with E-state index in [1.54, 1.807) is 17.5 Å². The van der Waals surface area contributed by atoms with Crippen molar-refractivity contribution in [2.24, 2.45) is 0 Å². The lowest BCUT2D eigenvalue weighted by Crippen LogP contribution is -2.32. The number of likely N-dealkylation sites (N-methyl/N-ethyl adjacent to an activating group) is 1. The molecule has 0 radical (unpaired) electrons. The number of anilines is 1. The fourth-order valence-corrected chi connectivity index (χ4v) is 5.77. The van der Waals surface area contributed by atoms with Crippen molar-refractivity contribution in [2.75, 3.05) is 45.6 Å². The summed E-state index contributed by atoms with van der Waals surface area (Å²) in [5.41, 5.74) is 1.40. The highest BCUT2D eigenvalue weighted by atomic mass is 35.5. The van der Waals surface area contributed by atoms with E-state index in [2.05, 4.69) is 39.5 Å². The van der Waals surface area contributed by atoms with Gasteiger partial charge in [-0.1, -0.05) is 17.7 Å². The molecule has 0 spiro atoms. The molecular formula is C25H34Cl4N6OS. The summed E-state index contributed by atoms with van der Waals surface area (Å²) < 4.78 is 1.05. The van der Waals surface area contributed by atoms with Crippen LogP contribution in [0.3, 0.4) is 0 Å². The fourth-order valence-electron chi connectivity index (χ4n) is 4.43. The second-order valence-corrected chi connectivity index (χ2v) is 10.9. The van der Waals surface area contributed by atoms with Gasteiger partial charge in [0.15, 0.2) is 0 Å². The van der Waals surface area contributed by atoms with Crippen LogP contribution in [0.15, 0.2) is 30.5 Å². The average Bonchev–Trinajstić information content (AvgIpc) is 3.32. The largest absolute Gasteiger partial charge is 0.354 e. The Kier molecular flexibility index (Phi) is 12.1. The molecule has 12 heteroatoms. The number of thiophene rings is 1. The van der Waals surface area contributed by atoms with Gasteiger partial charge in [-0.3, -0.25) is 4.79 Å². The maximum Gasteiger partial charge on any atom is 0.252 e. The number of hydrogen-bond acceptors (Lipinski definition) is 7. The zero-order valence-electron chi connectivity index (χ0n) is 20.9. The molecule has 7 nitrogen and oxygen atoms in total. The first kappa shape index (κ1) is 31.8. The van der Waals surface area contributed by atoms with Gasteiger partial charge in [-0.05, 0) is 71.1 Å². The van der Waals surface area contributed by atoms with Crippen LogP contribution < -0.4 is 10.6 Å². The van der Waals surface area contributed by atoms with Crippen molar-refractivity contribution in [1.29, 1.82) is 0 Å². The molecule has 204 valence electrons. The van der Waals surface area contributed by atoms with Crippen molar-refractivity contribution in [3.8, 4) is 10.6 Å². The number of likely N-dealkylation sites (tertiary alicyclic amines) is 1. The first-order valence-electron chi connectivity index (χ1n) is 12.0. The number of aromatic nitrogens is 2. The number of fused-ring (bicyclic) bond motifs is 1. The monoisotopic (exact) mass is 606 g/mol. The molecule has 1 saturated carbocycles. The van der Waals surface area contributed by atoms with Gasteiger partial charge in [0.2, 0.25) is 5.95 Å². The molecular weight excluding hydrogens is 574 g/mol. The molecule has 2 N–H and O–H groups in total. The van der Waals surface area contributed by atoms with Gasteiger partial charge in [0.25, 0.3) is 5.91 Å². The van der Waals surface area contributed by atoms with Crippen molar-refractivity contribution in [1.82, 2.24) is 25.1 Å². The van der Waals surface area contributed by atoms with Gasteiger partial charge in [0, 0.05) is 40.8 Å². The van der Waals surface area contributed by atoms with Crippen LogP contribution in [-0.2, 0) is 0 Å². The summed E-state index contributed by atoms with van der Waals surface area (Å²) >= 11 is 8.08. The molecule has 1 saturated heterocycles. The SMILES string of the molecule is CN(C)[C@@H]1CCN(CCCNc2ncc(Cl)c(-c3cc4c(C(=O)NC5CC5)cccc4s3)n2)C1.Cl.Cl.Cl. The van der Waals surface area contributed by atoms with Gasteiger partial charge in [-0.2, -0.15) is 0 Å². The fraction of sp³-hybridized carbons (Fsp3) is 0.480. The minimum Gasteiger partial charge on any atom is -0.354 e. The first-order valence-corrected chi connectivity index (χ1v) is 13.2. The first-order chi connectivity index (χ1) is 16.5. The van der Waals surface area contributed by atoms with E-state index >= 15 is 0 Å². The molecule has 2 aromatic heterocycles. The Morgan fingerprint density at radius 3 is 2.70 bits per heavy atom. The maximum atomic E-state index is 12.7. The van der Waals surface area contributed by atoms with Gasteiger partial charge >= 0.3 is 0 Å². The minimum atomic E-state index is -0.0107. The third-order valence-electron chi connectivity index (χ3n) is 6.61. The highest BCUT2D eigenvalue weighted by Gasteiger charge is 2.25. The van der Waals surface area contributed by atoms with Crippen LogP contribution in [0.1, 0.15) is 36.0 Å². The van der Waals surface area contributed by atoms with E-state index in [1.807, 2.05) is 24.3 Å². The number of halogens is 4. The molecule has 1 aliphatic carbocycles. The predicted molar refractivity (Wildman–Crippen MR) is 162 cm³/mol. The lowest BCUT2D eigenvalue weighted by atomic mass is 10.1. The van der Waals surface area contributed by atoms with E-state index in [-0.39, 0.29) is 43.1 Å². The average molecular weight is 608 g/mol. The van der Waals surface area contributed by atoms with Gasteiger partial charge in [0.1, 0.15) is 5.69 Å². The van der Waals surface area contributed by atoms with Crippen molar-refractivity contribution in [3.63, 3.8) is 0 Å². The third-order valence-corrected chi connectivity index (χ3v) is 7.99. The summed E-state index contributed by atoms with van der Waals surface area (Å²) in [7, 11) is 4.32. The van der Waals surface area contributed by atoms with Crippen LogP contribution in [-0.4, -0.2) is 78.0 Å². The summed E-state index contributed by atoms with van der Waals surface area (Å²) in [5, 5.41) is 7.88. The standard InChI is InChI=1S/C25H31ClN6OS.3ClH/c1-31(2)17-9-12-32(15-17)11-4-10-27-25-28-14-20(26)23(30-25)22-13-19-18(5-3-6-21(19)34-22)24(33)29-16-7-8-16;;;/h3,5-6,13-14,16-17H,4,7-12,15H2,1-2H3,(H,29,33)(H,27,28,30);3*1H/t17-;;;/m1.../s1. The topological polar surface area (TPSA) is 73.4 Å². The molecule has 0 bridgehead atoms. The van der Waals surface area contributed by atoms with Crippen molar-refractivity contribution in [3.05, 3.63) is 41.0 Å². The van der Waals surface area contributed by atoms with Crippen molar-refractivity contribution >= 4 is 82.1 Å². The number of benzene rings is 1. The Labute approximate surface area is 246 Å². The van der Waals surface area contributed by atoms with E-state index in [1.165, 1.54) is 6.42 Å². The summed E-state index contributed by atoms with van der Waals surface area (Å²) in [6, 6.07) is 8.85. The Balaban J connectivity index is 0.00000160. The van der Waals surface area contributed by atoms with Gasteiger partial charge in [0.05, 0.1) is 16.1 Å². The van der Waals surface area contributed by atoms with Crippen LogP contribution in [0.4, 0.5) is 5.95 Å². The summed E-state index contributed by atoms with van der Waals surface area (Å²) in [6.45, 7) is 4.18. The molecule has 1 atom stereocenters. The van der Waals surface area contributed by atoms with Crippen LogP contribution in [0, 0.1) is 0 Å². The highest BCUT2D eigenvalue weighted by molar-refractivity contribution is 7.22. The predicted octanol–water partition coefficient (Wildman–Crippen LogP) is 5.61. The van der Waals surface area contributed by atoms with Crippen LogP contribution in [0.5, 0.6) is 0 Å². The molecule has 1 aromatic carbocycles. The molecule has 2 aliphatic rings. The zero-order chi connectivity index (χ0) is 23.7. The summed E-state index contributed by atoms with van der Waals surface area (Å²) in [6.07, 6.45) is 6.06.